The molecule has 0 spiro atoms. The Hall–Kier alpha value is -12.1. The third-order valence-electron chi connectivity index (χ3n) is 22.9. The molecule has 17 nitrogen and oxygen atoms in total. The first-order valence-electron chi connectivity index (χ1n) is 38.9. The highest BCUT2D eigenvalue weighted by atomic mass is 35.5. The van der Waals surface area contributed by atoms with Crippen molar-refractivity contribution in [1.82, 2.24) is 5.32 Å². The summed E-state index contributed by atoms with van der Waals surface area (Å²) in [6.45, 7) is 16.3. The standard InChI is InChI=1S/C23H26N2O2.C20H19NO2.C18H15ClN2O2.C18H15NO2.C16H13NO2/c1-22(2)12-14(13-23(3,4)25-22)24-18-11-7-10-17-19(18)21(27)16-9-6-5-8-15(16)20(17)26;1-13-9-10-16(21-11-5-2-6-12-21)18-17(13)19(22)14-7-3-4-8-15(14)20(18)23;19-12-9-13(21-7-3-4-8-21)14-15(16(12)20)18(23)11-6-2-1-5-10(11)17(14)22;20-17-12-6-1-2-7-13(12)18(21)16-14(17)8-5-9-15(16)19-10-3-4-11-19;1-17(2)13-9-5-8-12-14(13)16(19)11-7-4-3-6-10(11)15(12)18/h5-11,14,24-25H,12-13H2,1-4H3;3-4,7-10H,2,5-6,11-12H2,1H3;1-2,5-6,9H,3-4,7-8,20H2;1-2,5-9H,3-4,10-11H2;3-9H,1-2H3. The summed E-state index contributed by atoms with van der Waals surface area (Å²) in [7, 11) is 3.74. The monoisotopic (exact) mass is 1520 g/mol. The smallest absolute Gasteiger partial charge is 0.196 e. The summed E-state index contributed by atoms with van der Waals surface area (Å²) in [4.78, 5) is 137. The first kappa shape index (κ1) is 76.3. The molecular weight excluding hydrogens is 1430 g/mol. The van der Waals surface area contributed by atoms with Crippen LogP contribution in [-0.4, -0.2) is 128 Å². The Bertz CT molecular complexity index is 5660. The fraction of sp³-hybridized carbons (Fsp3) is 0.263. The van der Waals surface area contributed by atoms with Crippen molar-refractivity contribution in [3.05, 3.63) is 316 Å². The van der Waals surface area contributed by atoms with Crippen LogP contribution >= 0.6 is 11.6 Å². The van der Waals surface area contributed by atoms with Gasteiger partial charge in [-0.15, -0.1) is 0 Å². The molecule has 4 N–H and O–H groups in total. The van der Waals surface area contributed by atoms with E-state index >= 15 is 0 Å². The largest absolute Gasteiger partial charge is 0.397 e. The Labute approximate surface area is 662 Å². The van der Waals surface area contributed by atoms with Crippen LogP contribution in [-0.2, 0) is 0 Å². The zero-order valence-corrected chi connectivity index (χ0v) is 65.2. The number of piperidine rings is 2. The number of anilines is 6. The molecule has 0 unspecified atom stereocenters. The SMILES string of the molecule is CC1(C)CC(Nc2cccc3c2C(=O)c2ccccc2C3=O)CC(C)(C)N1.CN(C)c1cccc2c1C(=O)c1ccccc1C2=O.Cc1ccc(N2CCCCC2)c2c1C(=O)c1ccccc1C2=O.Nc1c(Cl)cc(N2CCCC2)c2c1C(=O)c1ccccc1C2=O.O=C1c2ccccc2C(=O)c2c1cccc2N1CCCC1. The minimum atomic E-state index is -0.226. The number of nitrogens with one attached hydrogen (secondary N) is 2. The van der Waals surface area contributed by atoms with Crippen molar-refractivity contribution >= 4 is 104 Å². The minimum Gasteiger partial charge on any atom is -0.397 e. The van der Waals surface area contributed by atoms with E-state index in [1.807, 2.05) is 98.7 Å². The molecule has 570 valence electrons. The average Bonchev–Trinajstić information content (AvgIpc) is 1.38. The fourth-order valence-electron chi connectivity index (χ4n) is 18.0. The van der Waals surface area contributed by atoms with Crippen molar-refractivity contribution in [2.24, 2.45) is 0 Å². The van der Waals surface area contributed by atoms with Crippen LogP contribution in [0.5, 0.6) is 0 Å². The lowest BCUT2D eigenvalue weighted by Gasteiger charge is -2.47. The quantitative estimate of drug-likeness (QED) is 0.131. The number of halogens is 1. The molecule has 0 amide bonds. The molecular formula is C95H88ClN7O10. The fourth-order valence-corrected chi connectivity index (χ4v) is 18.2. The molecule has 19 rings (SSSR count). The number of aryl methyl sites for hydroxylation is 1. The van der Waals surface area contributed by atoms with Gasteiger partial charge in [0.15, 0.2) is 57.8 Å². The van der Waals surface area contributed by atoms with Crippen molar-refractivity contribution in [2.45, 2.75) is 110 Å². The normalized spacial score (nSPS) is 17.1. The molecule has 4 aliphatic heterocycles. The molecule has 0 bridgehead atoms. The van der Waals surface area contributed by atoms with Crippen LogP contribution in [0.4, 0.5) is 34.1 Å². The molecule has 4 saturated heterocycles. The van der Waals surface area contributed by atoms with Crippen LogP contribution in [0.25, 0.3) is 0 Å². The number of benzene rings is 10. The van der Waals surface area contributed by atoms with Gasteiger partial charge >= 0.3 is 0 Å². The number of hydrogen-bond acceptors (Lipinski definition) is 17. The summed E-state index contributed by atoms with van der Waals surface area (Å²) in [6, 6.07) is 57.7. The summed E-state index contributed by atoms with van der Waals surface area (Å²) >= 11 is 6.25. The van der Waals surface area contributed by atoms with E-state index in [0.29, 0.717) is 111 Å². The molecule has 18 heteroatoms. The number of hydrogen-bond donors (Lipinski definition) is 3. The van der Waals surface area contributed by atoms with E-state index in [-0.39, 0.29) is 86.2 Å². The number of ketones is 10. The predicted molar refractivity (Wildman–Crippen MR) is 444 cm³/mol. The Kier molecular flexibility index (Phi) is 20.9. The zero-order valence-electron chi connectivity index (χ0n) is 64.5. The maximum absolute atomic E-state index is 13.2. The van der Waals surface area contributed by atoms with Crippen molar-refractivity contribution in [3.8, 4) is 0 Å². The summed E-state index contributed by atoms with van der Waals surface area (Å²) < 4.78 is 0. The van der Waals surface area contributed by atoms with Gasteiger partial charge in [-0.25, -0.2) is 0 Å². The third kappa shape index (κ3) is 14.2. The summed E-state index contributed by atoms with van der Waals surface area (Å²) in [5.41, 5.74) is 21.2. The van der Waals surface area contributed by atoms with Gasteiger partial charge in [-0.3, -0.25) is 47.9 Å². The molecule has 4 heterocycles. The zero-order chi connectivity index (χ0) is 79.5. The molecule has 4 fully saturated rings. The molecule has 113 heavy (non-hydrogen) atoms. The Balaban J connectivity index is 0.000000112. The highest BCUT2D eigenvalue weighted by Crippen LogP contribution is 2.44. The second kappa shape index (κ2) is 30.9. The lowest BCUT2D eigenvalue weighted by Crippen LogP contribution is -2.60. The van der Waals surface area contributed by atoms with Crippen LogP contribution in [0.3, 0.4) is 0 Å². The number of nitrogen functional groups attached to an aromatic ring is 1. The summed E-state index contributed by atoms with van der Waals surface area (Å²) in [5.74, 6) is -0.778. The number of nitrogens with two attached hydrogens (primary N) is 1. The molecule has 9 aliphatic rings. The first-order valence-corrected chi connectivity index (χ1v) is 39.3. The topological polar surface area (TPSA) is 234 Å². The maximum atomic E-state index is 13.2. The minimum absolute atomic E-state index is 0.000681. The van der Waals surface area contributed by atoms with Gasteiger partial charge in [-0.1, -0.05) is 175 Å². The van der Waals surface area contributed by atoms with E-state index < -0.39 is 0 Å². The molecule has 10 aromatic rings. The number of carbonyl (C=O) groups is 10. The van der Waals surface area contributed by atoms with Crippen LogP contribution < -0.4 is 36.0 Å². The summed E-state index contributed by atoms with van der Waals surface area (Å²) in [6.07, 6.45) is 9.82. The van der Waals surface area contributed by atoms with E-state index in [0.717, 1.165) is 125 Å². The Morgan fingerprint density at radius 3 is 1.12 bits per heavy atom. The van der Waals surface area contributed by atoms with Crippen LogP contribution in [0.1, 0.15) is 250 Å². The predicted octanol–water partition coefficient (Wildman–Crippen LogP) is 16.8. The average molecular weight is 1520 g/mol. The number of carbonyl (C=O) groups excluding carboxylic acids is 10. The molecule has 0 radical (unpaired) electrons. The Morgan fingerprint density at radius 2 is 0.673 bits per heavy atom. The van der Waals surface area contributed by atoms with Crippen molar-refractivity contribution in [3.63, 3.8) is 0 Å². The van der Waals surface area contributed by atoms with E-state index in [9.17, 15) is 47.9 Å². The molecule has 0 atom stereocenters. The molecule has 0 aromatic heterocycles. The lowest BCUT2D eigenvalue weighted by atomic mass is 9.79. The Morgan fingerprint density at radius 1 is 0.354 bits per heavy atom. The van der Waals surface area contributed by atoms with Crippen molar-refractivity contribution in [2.75, 3.05) is 84.0 Å². The van der Waals surface area contributed by atoms with E-state index in [2.05, 4.69) is 53.0 Å². The lowest BCUT2D eigenvalue weighted by molar-refractivity contribution is 0.0979. The second-order valence-corrected chi connectivity index (χ2v) is 32.2. The number of nitrogens with zero attached hydrogens (tertiary/aromatic N) is 4. The van der Waals surface area contributed by atoms with Gasteiger partial charge in [0.05, 0.1) is 49.8 Å². The van der Waals surface area contributed by atoms with Crippen molar-refractivity contribution in [1.29, 1.82) is 0 Å². The van der Waals surface area contributed by atoms with Gasteiger partial charge in [0.25, 0.3) is 0 Å². The van der Waals surface area contributed by atoms with Gasteiger partial charge in [-0.05, 0) is 128 Å². The van der Waals surface area contributed by atoms with Gasteiger partial charge in [-0.2, -0.15) is 0 Å². The number of rotatable bonds is 6. The van der Waals surface area contributed by atoms with Crippen LogP contribution in [0.15, 0.2) is 194 Å². The molecule has 10 aromatic carbocycles. The number of fused-ring (bicyclic) bond motifs is 10. The van der Waals surface area contributed by atoms with E-state index in [4.69, 9.17) is 17.3 Å². The maximum Gasteiger partial charge on any atom is 0.196 e. The van der Waals surface area contributed by atoms with Crippen LogP contribution in [0, 0.1) is 6.92 Å². The molecule has 5 aliphatic carbocycles. The highest BCUT2D eigenvalue weighted by molar-refractivity contribution is 6.39. The highest BCUT2D eigenvalue weighted by Gasteiger charge is 2.42. The van der Waals surface area contributed by atoms with Gasteiger partial charge < -0.3 is 36.0 Å². The summed E-state index contributed by atoms with van der Waals surface area (Å²) in [5, 5.41) is 7.59. The van der Waals surface area contributed by atoms with Gasteiger partial charge in [0.2, 0.25) is 0 Å². The van der Waals surface area contributed by atoms with Gasteiger partial charge in [0, 0.05) is 171 Å². The van der Waals surface area contributed by atoms with Gasteiger partial charge in [0.1, 0.15) is 0 Å². The second-order valence-electron chi connectivity index (χ2n) is 31.8. The first-order chi connectivity index (χ1) is 54.3. The van der Waals surface area contributed by atoms with E-state index in [1.165, 1.54) is 6.42 Å². The van der Waals surface area contributed by atoms with Crippen LogP contribution in [0.2, 0.25) is 5.02 Å². The molecule has 0 saturated carbocycles. The third-order valence-corrected chi connectivity index (χ3v) is 23.2. The van der Waals surface area contributed by atoms with Crippen molar-refractivity contribution < 1.29 is 47.9 Å². The van der Waals surface area contributed by atoms with E-state index in [1.54, 1.807) is 121 Å².